The summed E-state index contributed by atoms with van der Waals surface area (Å²) in [5, 5.41) is 18.2. The van der Waals surface area contributed by atoms with Crippen LogP contribution in [0.5, 0.6) is 0 Å². The highest BCUT2D eigenvalue weighted by Gasteiger charge is 2.34. The third kappa shape index (κ3) is 12.2. The Labute approximate surface area is 392 Å². The molecule has 0 radical (unpaired) electrons. The van der Waals surface area contributed by atoms with Gasteiger partial charge in [-0.3, -0.25) is 28.2 Å². The molecule has 2 aromatic carbocycles. The van der Waals surface area contributed by atoms with Crippen molar-refractivity contribution < 1.29 is 71.6 Å². The Balaban J connectivity index is 0.000000229. The molecule has 0 saturated heterocycles. The fourth-order valence-electron chi connectivity index (χ4n) is 5.54. The number of rotatable bonds is 10. The average molecular weight is 1180 g/mol. The van der Waals surface area contributed by atoms with E-state index in [4.69, 9.17) is 18.9 Å². The topological polar surface area (TPSA) is 201 Å². The molecule has 2 N–H and O–H groups in total. The maximum atomic E-state index is 12.8. The van der Waals surface area contributed by atoms with Crippen LogP contribution in [0.15, 0.2) is 78.7 Å². The molecule has 0 fully saturated rings. The summed E-state index contributed by atoms with van der Waals surface area (Å²) in [5.41, 5.74) is 0.198. The molecule has 0 atom stereocenters. The second kappa shape index (κ2) is 20.2. The van der Waals surface area contributed by atoms with Crippen LogP contribution in [-0.2, 0) is 32.4 Å². The van der Waals surface area contributed by atoms with E-state index in [0.717, 1.165) is 45.6 Å². The first-order valence-corrected chi connectivity index (χ1v) is 24.3. The van der Waals surface area contributed by atoms with Gasteiger partial charge in [0.1, 0.15) is 28.3 Å². The van der Waals surface area contributed by atoms with Gasteiger partial charge < -0.3 is 18.9 Å². The number of halogens is 9. The third-order valence-electron chi connectivity index (χ3n) is 9.04. The Morgan fingerprint density at radius 1 is 0.719 bits per heavy atom. The van der Waals surface area contributed by atoms with Crippen LogP contribution >= 0.6 is 54.5 Å². The summed E-state index contributed by atoms with van der Waals surface area (Å²) >= 11 is 8.65. The van der Waals surface area contributed by atoms with Crippen molar-refractivity contribution in [3.63, 3.8) is 0 Å². The van der Waals surface area contributed by atoms with Crippen LogP contribution < -0.4 is 14.1 Å². The van der Waals surface area contributed by atoms with Crippen molar-refractivity contribution in [1.29, 1.82) is 0 Å². The minimum Gasteiger partial charge on any atom is -0.455 e. The van der Waals surface area contributed by atoms with Gasteiger partial charge in [-0.15, -0.1) is 0 Å². The summed E-state index contributed by atoms with van der Waals surface area (Å²) < 4.78 is 136. The number of hydrogen-bond acceptors (Lipinski definition) is 12. The number of nitrogens with zero attached hydrogens (tertiary/aromatic N) is 4. The number of fused-ring (bicyclic) bond motifs is 2. The quantitative estimate of drug-likeness (QED) is 0.0572. The summed E-state index contributed by atoms with van der Waals surface area (Å²) in [7, 11) is -5.91. The molecular formula is C38H34BBr2F6IN4O10S2. The van der Waals surface area contributed by atoms with Gasteiger partial charge in [0.05, 0.1) is 35.0 Å². The summed E-state index contributed by atoms with van der Waals surface area (Å²) in [6.07, 6.45) is -4.65. The number of hydrogen-bond donors (Lipinski definition) is 2. The zero-order valence-corrected chi connectivity index (χ0v) is 40.9. The lowest BCUT2D eigenvalue weighted by molar-refractivity contribution is -0.141. The Morgan fingerprint density at radius 2 is 1.14 bits per heavy atom. The number of alkyl halides is 6. The highest BCUT2D eigenvalue weighted by molar-refractivity contribution is 14.1. The van der Waals surface area contributed by atoms with Crippen LogP contribution in [0.1, 0.15) is 58.8 Å². The van der Waals surface area contributed by atoms with Crippen molar-refractivity contribution in [3.05, 3.63) is 96.2 Å². The van der Waals surface area contributed by atoms with Crippen LogP contribution in [0.25, 0.3) is 33.3 Å². The lowest BCUT2D eigenvalue weighted by Gasteiger charge is -2.18. The first kappa shape index (κ1) is 52.5. The summed E-state index contributed by atoms with van der Waals surface area (Å²) in [4.78, 5) is 31.1. The van der Waals surface area contributed by atoms with Gasteiger partial charge in [0, 0.05) is 105 Å². The second-order valence-electron chi connectivity index (χ2n) is 13.4. The SMILES string of the molecule is CCC(=O)c1c(-c2ccc(C(F)(F)F)nc2)oc2cc(N(C)S(C)(=O)=O)c(Br)cc12.CCC(=O)c1c(I)oc2cc(N(C)S(C)(=O)=O)c(Br)cc12.OB(O)c1ccc(C(F)(F)F)nc1. The van der Waals surface area contributed by atoms with Gasteiger partial charge in [0.15, 0.2) is 15.3 Å². The average Bonchev–Trinajstić information content (AvgIpc) is 3.74. The monoisotopic (exact) mass is 1180 g/mol. The van der Waals surface area contributed by atoms with Gasteiger partial charge in [0.25, 0.3) is 0 Å². The molecule has 14 nitrogen and oxygen atoms in total. The minimum absolute atomic E-state index is 0.00531. The molecule has 26 heteroatoms. The van der Waals surface area contributed by atoms with Crippen LogP contribution in [0.2, 0.25) is 0 Å². The molecule has 0 spiro atoms. The van der Waals surface area contributed by atoms with Gasteiger partial charge in [-0.1, -0.05) is 19.9 Å². The van der Waals surface area contributed by atoms with E-state index in [0.29, 0.717) is 52.8 Å². The van der Waals surface area contributed by atoms with Crippen molar-refractivity contribution >= 4 is 132 Å². The van der Waals surface area contributed by atoms with E-state index in [1.807, 2.05) is 22.6 Å². The summed E-state index contributed by atoms with van der Waals surface area (Å²) in [6.45, 7) is 3.44. The molecule has 0 unspecified atom stereocenters. The number of Topliss-reactive ketones (excluding diaryl/α,β-unsaturated/α-hetero) is 2. The highest BCUT2D eigenvalue weighted by Crippen LogP contribution is 2.41. The van der Waals surface area contributed by atoms with E-state index in [2.05, 4.69) is 41.8 Å². The maximum Gasteiger partial charge on any atom is 0.490 e. The molecule has 64 heavy (non-hydrogen) atoms. The molecule has 0 aliphatic carbocycles. The van der Waals surface area contributed by atoms with Crippen molar-refractivity contribution in [2.24, 2.45) is 0 Å². The first-order valence-electron chi connectivity index (χ1n) is 18.0. The molecule has 6 rings (SSSR count). The number of benzene rings is 2. The Hall–Kier alpha value is -4.09. The maximum absolute atomic E-state index is 12.8. The first-order chi connectivity index (χ1) is 29.4. The molecule has 0 bridgehead atoms. The fourth-order valence-corrected chi connectivity index (χ4v) is 8.84. The second-order valence-corrected chi connectivity index (χ2v) is 20.2. The molecule has 4 aromatic heterocycles. The molecular weight excluding hydrogens is 1150 g/mol. The smallest absolute Gasteiger partial charge is 0.455 e. The molecule has 4 heterocycles. The summed E-state index contributed by atoms with van der Waals surface area (Å²) in [6, 6.07) is 9.99. The molecule has 6 aromatic rings. The zero-order chi connectivity index (χ0) is 48.4. The lowest BCUT2D eigenvalue weighted by atomic mass is 9.82. The number of anilines is 2. The predicted octanol–water partition coefficient (Wildman–Crippen LogP) is 8.83. The van der Waals surface area contributed by atoms with Gasteiger partial charge in [-0.25, -0.2) is 16.8 Å². The number of carbonyl (C=O) groups excluding carboxylic acids is 2. The molecule has 0 amide bonds. The number of pyridine rings is 2. The molecule has 344 valence electrons. The number of carbonyl (C=O) groups is 2. The highest BCUT2D eigenvalue weighted by atomic mass is 127. The van der Waals surface area contributed by atoms with E-state index in [1.54, 1.807) is 32.0 Å². The van der Waals surface area contributed by atoms with E-state index < -0.39 is 50.9 Å². The number of furan rings is 2. The number of ketones is 2. The van der Waals surface area contributed by atoms with Crippen molar-refractivity contribution in [1.82, 2.24) is 9.97 Å². The van der Waals surface area contributed by atoms with Crippen LogP contribution in [0.3, 0.4) is 0 Å². The molecule has 0 aliphatic rings. The Bertz CT molecular complexity index is 2930. The lowest BCUT2D eigenvalue weighted by Crippen LogP contribution is -2.30. The van der Waals surface area contributed by atoms with Crippen LogP contribution in [-0.4, -0.2) is 82.1 Å². The van der Waals surface area contributed by atoms with Crippen molar-refractivity contribution in [3.8, 4) is 11.3 Å². The number of sulfonamides is 2. The van der Waals surface area contributed by atoms with Gasteiger partial charge in [-0.05, 0) is 62.2 Å². The summed E-state index contributed by atoms with van der Waals surface area (Å²) in [5.74, 6) is -0.210. The number of aromatic nitrogens is 2. The van der Waals surface area contributed by atoms with E-state index in [-0.39, 0.29) is 51.6 Å². The van der Waals surface area contributed by atoms with Crippen molar-refractivity contribution in [2.45, 2.75) is 39.0 Å². The molecule has 0 saturated carbocycles. The van der Waals surface area contributed by atoms with Gasteiger partial charge >= 0.3 is 19.5 Å². The largest absolute Gasteiger partial charge is 0.490 e. The third-order valence-corrected chi connectivity index (χ3v) is 13.4. The van der Waals surface area contributed by atoms with E-state index in [1.165, 1.54) is 26.2 Å². The Kier molecular flexibility index (Phi) is 16.6. The van der Waals surface area contributed by atoms with Gasteiger partial charge in [-0.2, -0.15) is 26.3 Å². The minimum atomic E-state index is -4.59. The van der Waals surface area contributed by atoms with E-state index >= 15 is 0 Å². The van der Waals surface area contributed by atoms with Crippen molar-refractivity contribution in [2.75, 3.05) is 35.2 Å². The normalized spacial score (nSPS) is 12.0. The van der Waals surface area contributed by atoms with Crippen LogP contribution in [0.4, 0.5) is 37.7 Å². The van der Waals surface area contributed by atoms with Gasteiger partial charge in [0.2, 0.25) is 20.0 Å². The Morgan fingerprint density at radius 3 is 1.52 bits per heavy atom. The van der Waals surface area contributed by atoms with E-state index in [9.17, 15) is 52.8 Å². The molecule has 0 aliphatic heterocycles. The fraction of sp³-hybridized carbons (Fsp3) is 0.263. The van der Waals surface area contributed by atoms with Crippen LogP contribution in [0, 0.1) is 3.77 Å². The predicted molar refractivity (Wildman–Crippen MR) is 244 cm³/mol. The zero-order valence-electron chi connectivity index (χ0n) is 33.9. The standard InChI is InChI=1S/C19H16BrF3N2O4S.C13H13BrINO4S.C6H5BF3NO2/c1-4-14(26)17-11-7-12(20)13(25(2)30(3,27)28)8-15(11)29-18(17)10-5-6-16(24-9-10)19(21,22)23;1-4-10(17)12-7-5-8(14)9(16(2)21(3,18)19)6-11(7)20-13(12)15;8-6(9,10)5-2-1-4(3-11-5)7(12)13/h5-9H,4H2,1-3H3;5-6H,4H2,1-3H3;1-3,12-13H.